The Balaban J connectivity index is 1.83. The lowest BCUT2D eigenvalue weighted by atomic mass is 9.78. The lowest BCUT2D eigenvalue weighted by Crippen LogP contribution is -2.44. The number of alkyl halides is 3. The first kappa shape index (κ1) is 23.1. The van der Waals surface area contributed by atoms with E-state index in [-0.39, 0.29) is 18.3 Å². The van der Waals surface area contributed by atoms with E-state index in [0.717, 1.165) is 19.4 Å². The van der Waals surface area contributed by atoms with Gasteiger partial charge in [0.25, 0.3) is 0 Å². The van der Waals surface area contributed by atoms with Gasteiger partial charge in [0.2, 0.25) is 0 Å². The maximum absolute atomic E-state index is 12.8. The molecule has 0 amide bonds. The van der Waals surface area contributed by atoms with E-state index in [9.17, 15) is 28.5 Å². The molecule has 2 unspecified atom stereocenters. The van der Waals surface area contributed by atoms with E-state index >= 15 is 0 Å². The van der Waals surface area contributed by atoms with Crippen LogP contribution in [-0.2, 0) is 9.63 Å². The maximum atomic E-state index is 12.8. The molecule has 0 saturated carbocycles. The highest BCUT2D eigenvalue weighted by Crippen LogP contribution is 2.45. The predicted octanol–water partition coefficient (Wildman–Crippen LogP) is 2.84. The normalized spacial score (nSPS) is 22.9. The van der Waals surface area contributed by atoms with E-state index < -0.39 is 18.1 Å². The number of nitriles is 2. The van der Waals surface area contributed by atoms with E-state index in [4.69, 9.17) is 0 Å². The average molecular weight is 523 g/mol. The molecule has 1 aromatic rings. The second kappa shape index (κ2) is 9.06. The second-order valence-corrected chi connectivity index (χ2v) is 8.53. The van der Waals surface area contributed by atoms with Gasteiger partial charge >= 0.3 is 12.1 Å². The van der Waals surface area contributed by atoms with Crippen molar-refractivity contribution in [3.8, 4) is 12.1 Å². The molecule has 0 radical (unpaired) electrons. The van der Waals surface area contributed by atoms with E-state index in [2.05, 4.69) is 49.0 Å². The third kappa shape index (κ3) is 4.29. The smallest absolute Gasteiger partial charge is 0.340 e. The van der Waals surface area contributed by atoms with Gasteiger partial charge in [-0.05, 0) is 46.9 Å². The molecule has 4 rings (SSSR count). The summed E-state index contributed by atoms with van der Waals surface area (Å²) < 4.78 is 39.0. The Hall–Kier alpha value is -3.06. The number of piperidine rings is 1. The number of hydrogen-bond donors (Lipinski definition) is 3. The number of benzene rings is 1. The first-order valence-electron chi connectivity index (χ1n) is 10.1. The van der Waals surface area contributed by atoms with E-state index in [0.29, 0.717) is 44.2 Å². The molecule has 172 valence electrons. The monoisotopic (exact) mass is 522 g/mol. The van der Waals surface area contributed by atoms with Crippen LogP contribution in [0.1, 0.15) is 29.9 Å². The number of carbonyl (C=O) groups excluding carboxylic acids is 1. The van der Waals surface area contributed by atoms with Crippen molar-refractivity contribution in [1.29, 1.82) is 10.5 Å². The molecule has 2 atom stereocenters. The van der Waals surface area contributed by atoms with Crippen LogP contribution in [-0.4, -0.2) is 37.0 Å². The Morgan fingerprint density at radius 2 is 2.06 bits per heavy atom. The predicted molar refractivity (Wildman–Crippen MR) is 112 cm³/mol. The van der Waals surface area contributed by atoms with Gasteiger partial charge in [-0.25, -0.2) is 4.79 Å². The summed E-state index contributed by atoms with van der Waals surface area (Å²) >= 11 is 3.45. The fourth-order valence-corrected chi connectivity index (χ4v) is 4.89. The fourth-order valence-electron chi connectivity index (χ4n) is 4.30. The highest BCUT2D eigenvalue weighted by Gasteiger charge is 2.46. The molecule has 1 aromatic carbocycles. The molecular weight excluding hydrogens is 505 g/mol. The molecule has 0 aliphatic carbocycles. The summed E-state index contributed by atoms with van der Waals surface area (Å²) in [6.07, 6.45) is -3.54. The molecule has 12 heteroatoms. The number of allylic oxidation sites excluding steroid dienone is 1. The number of hydrazine groups is 1. The minimum absolute atomic E-state index is 0.0305. The zero-order valence-electron chi connectivity index (χ0n) is 17.1. The Labute approximate surface area is 195 Å². The Kier molecular flexibility index (Phi) is 6.34. The minimum atomic E-state index is -5.17. The molecule has 8 nitrogen and oxygen atoms in total. The highest BCUT2D eigenvalue weighted by molar-refractivity contribution is 9.10. The summed E-state index contributed by atoms with van der Waals surface area (Å²) in [6, 6.07) is 9.42. The molecular formula is C21H18BrF3N6O2. The summed E-state index contributed by atoms with van der Waals surface area (Å²) in [7, 11) is 0. The van der Waals surface area contributed by atoms with Crippen molar-refractivity contribution >= 4 is 21.9 Å². The third-order valence-corrected chi connectivity index (χ3v) is 6.68. The highest BCUT2D eigenvalue weighted by atomic mass is 79.9. The molecule has 3 aliphatic rings. The van der Waals surface area contributed by atoms with E-state index in [1.165, 1.54) is 0 Å². The number of hydrogen-bond acceptors (Lipinski definition) is 8. The van der Waals surface area contributed by atoms with Gasteiger partial charge in [0.1, 0.15) is 6.07 Å². The quantitative estimate of drug-likeness (QED) is 0.555. The van der Waals surface area contributed by atoms with Gasteiger partial charge in [0.05, 0.1) is 17.2 Å². The van der Waals surface area contributed by atoms with Crippen molar-refractivity contribution in [2.24, 2.45) is 5.92 Å². The van der Waals surface area contributed by atoms with Gasteiger partial charge in [0.15, 0.2) is 5.82 Å². The van der Waals surface area contributed by atoms with Crippen molar-refractivity contribution in [1.82, 2.24) is 21.2 Å². The molecule has 3 aliphatic heterocycles. The molecule has 0 spiro atoms. The van der Waals surface area contributed by atoms with Gasteiger partial charge in [-0.1, -0.05) is 12.1 Å². The van der Waals surface area contributed by atoms with Crippen LogP contribution in [0.4, 0.5) is 13.2 Å². The number of rotatable bonds is 3. The lowest BCUT2D eigenvalue weighted by Gasteiger charge is -2.35. The maximum Gasteiger partial charge on any atom is 0.493 e. The van der Waals surface area contributed by atoms with Crippen LogP contribution in [0, 0.1) is 28.6 Å². The molecule has 3 N–H and O–H groups in total. The van der Waals surface area contributed by atoms with Crippen molar-refractivity contribution in [2.75, 3.05) is 19.6 Å². The second-order valence-electron chi connectivity index (χ2n) is 7.74. The summed E-state index contributed by atoms with van der Waals surface area (Å²) in [5, 5.41) is 26.6. The summed E-state index contributed by atoms with van der Waals surface area (Å²) in [4.78, 5) is 16.1. The van der Waals surface area contributed by atoms with E-state index in [1.54, 1.807) is 18.2 Å². The molecule has 1 fully saturated rings. The van der Waals surface area contributed by atoms with Crippen LogP contribution in [0.3, 0.4) is 0 Å². The van der Waals surface area contributed by atoms with Gasteiger partial charge in [-0.15, -0.1) is 5.17 Å². The average Bonchev–Trinajstić information content (AvgIpc) is 3.20. The molecule has 33 heavy (non-hydrogen) atoms. The minimum Gasteiger partial charge on any atom is -0.340 e. The summed E-state index contributed by atoms with van der Waals surface area (Å²) in [5.41, 5.74) is 5.10. The summed E-state index contributed by atoms with van der Waals surface area (Å²) in [6.45, 7) is 1.44. The van der Waals surface area contributed by atoms with Gasteiger partial charge < -0.3 is 15.5 Å². The Morgan fingerprint density at radius 1 is 1.27 bits per heavy atom. The van der Waals surface area contributed by atoms with Crippen LogP contribution < -0.4 is 16.1 Å². The summed E-state index contributed by atoms with van der Waals surface area (Å²) in [5.74, 6) is -2.99. The van der Waals surface area contributed by atoms with Gasteiger partial charge in [-0.3, -0.25) is 0 Å². The molecule has 0 aromatic heterocycles. The third-order valence-electron chi connectivity index (χ3n) is 5.79. The zero-order chi connectivity index (χ0) is 23.8. The first-order valence-corrected chi connectivity index (χ1v) is 10.9. The van der Waals surface area contributed by atoms with Crippen molar-refractivity contribution in [3.63, 3.8) is 0 Å². The Bertz CT molecular complexity index is 1130. The van der Waals surface area contributed by atoms with Crippen LogP contribution in [0.5, 0.6) is 0 Å². The SMILES string of the molecule is N#CC1=C(C2CCCNC2)NC2=C(CNN2OC(=O)C(F)(F)F)C1c1cccc(C#N)c1Br. The van der Waals surface area contributed by atoms with Crippen molar-refractivity contribution in [3.05, 3.63) is 56.5 Å². The fraction of sp³-hybridized carbons (Fsp3) is 0.381. The Morgan fingerprint density at radius 3 is 2.70 bits per heavy atom. The molecule has 3 heterocycles. The lowest BCUT2D eigenvalue weighted by molar-refractivity contribution is -0.239. The number of nitrogens with zero attached hydrogens (tertiary/aromatic N) is 3. The molecule has 1 saturated heterocycles. The van der Waals surface area contributed by atoms with Gasteiger partial charge in [0, 0.05) is 40.7 Å². The number of hydroxylamine groups is 1. The largest absolute Gasteiger partial charge is 0.493 e. The topological polar surface area (TPSA) is 113 Å². The number of halogens is 4. The number of dihydropyridines is 1. The first-order chi connectivity index (χ1) is 15.8. The van der Waals surface area contributed by atoms with Crippen LogP contribution >= 0.6 is 15.9 Å². The van der Waals surface area contributed by atoms with Crippen LogP contribution in [0.2, 0.25) is 0 Å². The number of carbonyl (C=O) groups is 1. The van der Waals surface area contributed by atoms with Crippen molar-refractivity contribution < 1.29 is 22.8 Å². The standard InChI is InChI=1S/C21H18BrF3N6O2/c22-17-11(7-26)3-1-5-13(17)16-14(8-27)18(12-4-2-6-28-9-12)30-19-15(16)10-29-31(19)33-20(32)21(23,24)25/h1,3,5,12,16,28-30H,2,4,6,9-10H2. The van der Waals surface area contributed by atoms with Gasteiger partial charge in [-0.2, -0.15) is 29.1 Å². The van der Waals surface area contributed by atoms with Crippen LogP contribution in [0.15, 0.2) is 45.3 Å². The van der Waals surface area contributed by atoms with E-state index in [1.807, 2.05) is 0 Å². The van der Waals surface area contributed by atoms with Crippen molar-refractivity contribution in [2.45, 2.75) is 24.9 Å². The van der Waals surface area contributed by atoms with Crippen LogP contribution in [0.25, 0.3) is 0 Å². The zero-order valence-corrected chi connectivity index (χ0v) is 18.7. The number of nitrogens with one attached hydrogen (secondary N) is 3. The molecule has 0 bridgehead atoms.